The van der Waals surface area contributed by atoms with Crippen LogP contribution in [0.5, 0.6) is 0 Å². The van der Waals surface area contributed by atoms with Gasteiger partial charge in [0.05, 0.1) is 3.79 Å². The van der Waals surface area contributed by atoms with Crippen molar-refractivity contribution in [3.8, 4) is 0 Å². The van der Waals surface area contributed by atoms with Crippen LogP contribution in [-0.4, -0.2) is 29.6 Å². The van der Waals surface area contributed by atoms with Gasteiger partial charge in [-0.1, -0.05) is 26.2 Å². The quantitative estimate of drug-likeness (QED) is 0.859. The van der Waals surface area contributed by atoms with Gasteiger partial charge < -0.3 is 5.32 Å². The van der Waals surface area contributed by atoms with E-state index in [0.717, 1.165) is 6.54 Å². The van der Waals surface area contributed by atoms with Crippen molar-refractivity contribution < 1.29 is 0 Å². The van der Waals surface area contributed by atoms with Crippen LogP contribution >= 0.6 is 27.3 Å². The van der Waals surface area contributed by atoms with Gasteiger partial charge in [-0.3, -0.25) is 4.90 Å². The van der Waals surface area contributed by atoms with Crippen LogP contribution in [0.25, 0.3) is 0 Å². The van der Waals surface area contributed by atoms with Gasteiger partial charge in [-0.2, -0.15) is 0 Å². The van der Waals surface area contributed by atoms with Gasteiger partial charge in [-0.05, 0) is 47.3 Å². The molecular formula is C16H25BrN2S. The topological polar surface area (TPSA) is 15.3 Å². The van der Waals surface area contributed by atoms with E-state index in [-0.39, 0.29) is 0 Å². The summed E-state index contributed by atoms with van der Waals surface area (Å²) >= 11 is 5.49. The van der Waals surface area contributed by atoms with Gasteiger partial charge in [0.15, 0.2) is 0 Å². The highest BCUT2D eigenvalue weighted by molar-refractivity contribution is 9.11. The third-order valence-electron chi connectivity index (χ3n) is 4.98. The largest absolute Gasteiger partial charge is 0.311 e. The van der Waals surface area contributed by atoms with Crippen LogP contribution in [-0.2, 0) is 6.54 Å². The Kier molecular flexibility index (Phi) is 4.86. The fraction of sp³-hybridized carbons (Fsp3) is 0.750. The molecule has 1 saturated carbocycles. The van der Waals surface area contributed by atoms with Gasteiger partial charge in [-0.15, -0.1) is 11.3 Å². The highest BCUT2D eigenvalue weighted by atomic mass is 79.9. The zero-order chi connectivity index (χ0) is 14.0. The Labute approximate surface area is 135 Å². The van der Waals surface area contributed by atoms with Gasteiger partial charge in [0, 0.05) is 36.1 Å². The van der Waals surface area contributed by atoms with Gasteiger partial charge in [0.2, 0.25) is 0 Å². The summed E-state index contributed by atoms with van der Waals surface area (Å²) in [6, 6.07) is 5.16. The Balaban J connectivity index is 1.74. The third-order valence-corrected chi connectivity index (χ3v) is 6.59. The standard InChI is InChI=1S/C16H25BrN2S/c1-2-5-13-10-19(11-14-6-7-15(17)20-14)16(12-18-13)8-3-4-9-16/h6-7,13,18H,2-5,8-12H2,1H3. The van der Waals surface area contributed by atoms with Crippen LogP contribution in [0.15, 0.2) is 15.9 Å². The Bertz CT molecular complexity index is 439. The monoisotopic (exact) mass is 356 g/mol. The van der Waals surface area contributed by atoms with Crippen LogP contribution in [0.2, 0.25) is 0 Å². The number of nitrogens with zero attached hydrogens (tertiary/aromatic N) is 1. The summed E-state index contributed by atoms with van der Waals surface area (Å²) in [5.74, 6) is 0. The average molecular weight is 357 g/mol. The van der Waals surface area contributed by atoms with Gasteiger partial charge in [0.25, 0.3) is 0 Å². The first-order chi connectivity index (χ1) is 9.72. The first-order valence-electron chi connectivity index (χ1n) is 7.94. The van der Waals surface area contributed by atoms with E-state index >= 15 is 0 Å². The highest BCUT2D eigenvalue weighted by Gasteiger charge is 2.43. The minimum atomic E-state index is 0.445. The lowest BCUT2D eigenvalue weighted by Crippen LogP contribution is -2.63. The van der Waals surface area contributed by atoms with Gasteiger partial charge >= 0.3 is 0 Å². The first-order valence-corrected chi connectivity index (χ1v) is 9.55. The van der Waals surface area contributed by atoms with E-state index in [1.165, 1.54) is 60.3 Å². The fourth-order valence-corrected chi connectivity index (χ4v) is 5.39. The van der Waals surface area contributed by atoms with Crippen molar-refractivity contribution in [2.45, 2.75) is 63.6 Å². The van der Waals surface area contributed by atoms with Gasteiger partial charge in [0.1, 0.15) is 0 Å². The summed E-state index contributed by atoms with van der Waals surface area (Å²) < 4.78 is 1.26. The highest BCUT2D eigenvalue weighted by Crippen LogP contribution is 2.39. The number of hydrogen-bond acceptors (Lipinski definition) is 3. The SMILES string of the molecule is CCCC1CN(Cc2ccc(Br)s2)C2(CCCC2)CN1. The molecule has 2 heterocycles. The third kappa shape index (κ3) is 3.13. The van der Waals surface area contributed by atoms with E-state index in [1.807, 2.05) is 11.3 Å². The second-order valence-electron chi connectivity index (χ2n) is 6.38. The molecule has 1 aromatic heterocycles. The van der Waals surface area contributed by atoms with Crippen LogP contribution < -0.4 is 5.32 Å². The molecule has 2 nitrogen and oxygen atoms in total. The number of nitrogens with one attached hydrogen (secondary N) is 1. The molecule has 3 rings (SSSR count). The molecule has 1 saturated heterocycles. The van der Waals surface area contributed by atoms with Crippen LogP contribution in [0.1, 0.15) is 50.3 Å². The summed E-state index contributed by atoms with van der Waals surface area (Å²) in [6.45, 7) is 5.86. The molecular weight excluding hydrogens is 332 g/mol. The number of halogens is 1. The second-order valence-corrected chi connectivity index (χ2v) is 8.93. The van der Waals surface area contributed by atoms with E-state index in [2.05, 4.69) is 45.2 Å². The molecule has 1 unspecified atom stereocenters. The maximum Gasteiger partial charge on any atom is 0.0701 e. The summed E-state index contributed by atoms with van der Waals surface area (Å²) in [4.78, 5) is 4.30. The van der Waals surface area contributed by atoms with Crippen molar-refractivity contribution in [2.75, 3.05) is 13.1 Å². The summed E-state index contributed by atoms with van der Waals surface area (Å²) in [7, 11) is 0. The molecule has 2 aliphatic rings. The molecule has 1 N–H and O–H groups in total. The Morgan fingerprint density at radius 2 is 2.20 bits per heavy atom. The average Bonchev–Trinajstić information content (AvgIpc) is 3.05. The van der Waals surface area contributed by atoms with Crippen LogP contribution in [0, 0.1) is 0 Å². The number of piperazine rings is 1. The maximum atomic E-state index is 3.83. The zero-order valence-electron chi connectivity index (χ0n) is 12.3. The minimum Gasteiger partial charge on any atom is -0.311 e. The van der Waals surface area contributed by atoms with Crippen molar-refractivity contribution in [1.82, 2.24) is 10.2 Å². The molecule has 1 aliphatic carbocycles. The molecule has 0 radical (unpaired) electrons. The molecule has 0 bridgehead atoms. The smallest absolute Gasteiger partial charge is 0.0701 e. The Morgan fingerprint density at radius 3 is 2.85 bits per heavy atom. The van der Waals surface area contributed by atoms with E-state index < -0.39 is 0 Å². The molecule has 0 aromatic carbocycles. The predicted molar refractivity (Wildman–Crippen MR) is 90.3 cm³/mol. The maximum absolute atomic E-state index is 3.83. The van der Waals surface area contributed by atoms with E-state index in [4.69, 9.17) is 0 Å². The van der Waals surface area contributed by atoms with Gasteiger partial charge in [-0.25, -0.2) is 0 Å². The number of hydrogen-bond donors (Lipinski definition) is 1. The van der Waals surface area contributed by atoms with Crippen LogP contribution in [0.3, 0.4) is 0 Å². The predicted octanol–water partition coefficient (Wildman–Crippen LogP) is 4.40. The first kappa shape index (κ1) is 15.0. The van der Waals surface area contributed by atoms with E-state index in [1.54, 1.807) is 0 Å². The lowest BCUT2D eigenvalue weighted by atomic mass is 9.90. The molecule has 1 spiro atoms. The Morgan fingerprint density at radius 1 is 1.40 bits per heavy atom. The van der Waals surface area contributed by atoms with Crippen molar-refractivity contribution in [1.29, 1.82) is 0 Å². The molecule has 1 aliphatic heterocycles. The molecule has 2 fully saturated rings. The lowest BCUT2D eigenvalue weighted by molar-refractivity contribution is 0.0347. The van der Waals surface area contributed by atoms with Crippen LogP contribution in [0.4, 0.5) is 0 Å². The fourth-order valence-electron chi connectivity index (χ4n) is 3.90. The minimum absolute atomic E-state index is 0.445. The summed E-state index contributed by atoms with van der Waals surface area (Å²) in [5.41, 5.74) is 0.445. The lowest BCUT2D eigenvalue weighted by Gasteiger charge is -2.48. The second kappa shape index (κ2) is 6.47. The summed E-state index contributed by atoms with van der Waals surface area (Å²) in [6.07, 6.45) is 8.16. The molecule has 4 heteroatoms. The van der Waals surface area contributed by atoms with Crippen molar-refractivity contribution in [3.05, 3.63) is 20.8 Å². The summed E-state index contributed by atoms with van der Waals surface area (Å²) in [5, 5.41) is 3.83. The molecule has 0 amide bonds. The molecule has 1 aromatic rings. The normalized spacial score (nSPS) is 26.4. The van der Waals surface area contributed by atoms with Crippen molar-refractivity contribution in [3.63, 3.8) is 0 Å². The van der Waals surface area contributed by atoms with E-state index in [9.17, 15) is 0 Å². The molecule has 1 atom stereocenters. The van der Waals surface area contributed by atoms with Crippen molar-refractivity contribution >= 4 is 27.3 Å². The number of thiophene rings is 1. The Hall–Kier alpha value is 0.1000. The van der Waals surface area contributed by atoms with Crippen molar-refractivity contribution in [2.24, 2.45) is 0 Å². The number of rotatable bonds is 4. The molecule has 20 heavy (non-hydrogen) atoms. The molecule has 112 valence electrons. The van der Waals surface area contributed by atoms with E-state index in [0.29, 0.717) is 11.6 Å². The zero-order valence-corrected chi connectivity index (χ0v) is 14.7.